The summed E-state index contributed by atoms with van der Waals surface area (Å²) in [5.41, 5.74) is 0.916. The number of rotatable bonds is 3. The van der Waals surface area contributed by atoms with E-state index in [9.17, 15) is 4.79 Å². The SMILES string of the molecule is CNc1cnc(C(=O)Nc2cc(C#N)ccc2Cl)cn1. The molecule has 100 valence electrons. The minimum absolute atomic E-state index is 0.155. The molecule has 6 nitrogen and oxygen atoms in total. The molecule has 0 bridgehead atoms. The van der Waals surface area contributed by atoms with Crippen molar-refractivity contribution >= 4 is 29.0 Å². The van der Waals surface area contributed by atoms with Gasteiger partial charge in [-0.2, -0.15) is 5.26 Å². The maximum Gasteiger partial charge on any atom is 0.275 e. The van der Waals surface area contributed by atoms with Gasteiger partial charge < -0.3 is 10.6 Å². The molecule has 2 rings (SSSR count). The number of halogens is 1. The summed E-state index contributed by atoms with van der Waals surface area (Å²) in [5, 5.41) is 14.6. The van der Waals surface area contributed by atoms with Crippen molar-refractivity contribution in [1.29, 1.82) is 5.26 Å². The summed E-state index contributed by atoms with van der Waals surface area (Å²) in [4.78, 5) is 20.0. The van der Waals surface area contributed by atoms with Crippen LogP contribution in [0, 0.1) is 11.3 Å². The number of hydrogen-bond donors (Lipinski definition) is 2. The molecule has 0 atom stereocenters. The Hall–Kier alpha value is -2.65. The zero-order valence-electron chi connectivity index (χ0n) is 10.5. The Morgan fingerprint density at radius 2 is 2.15 bits per heavy atom. The van der Waals surface area contributed by atoms with E-state index in [1.54, 1.807) is 19.2 Å². The molecule has 0 aliphatic carbocycles. The van der Waals surface area contributed by atoms with Crippen LogP contribution in [0.3, 0.4) is 0 Å². The number of aromatic nitrogens is 2. The topological polar surface area (TPSA) is 90.7 Å². The van der Waals surface area contributed by atoms with Crippen LogP contribution in [0.15, 0.2) is 30.6 Å². The Kier molecular flexibility index (Phi) is 4.13. The maximum atomic E-state index is 12.0. The van der Waals surface area contributed by atoms with E-state index >= 15 is 0 Å². The molecule has 0 saturated heterocycles. The van der Waals surface area contributed by atoms with Crippen molar-refractivity contribution in [2.75, 3.05) is 17.7 Å². The first kappa shape index (κ1) is 13.8. The van der Waals surface area contributed by atoms with Gasteiger partial charge in [0.05, 0.1) is 34.7 Å². The summed E-state index contributed by atoms with van der Waals surface area (Å²) >= 11 is 5.96. The van der Waals surface area contributed by atoms with Crippen LogP contribution in [0.1, 0.15) is 16.1 Å². The van der Waals surface area contributed by atoms with Crippen LogP contribution < -0.4 is 10.6 Å². The predicted molar refractivity (Wildman–Crippen MR) is 75.7 cm³/mol. The molecular weight excluding hydrogens is 278 g/mol. The molecule has 7 heteroatoms. The summed E-state index contributed by atoms with van der Waals surface area (Å²) in [5.74, 6) is 0.114. The van der Waals surface area contributed by atoms with E-state index in [0.29, 0.717) is 22.1 Å². The van der Waals surface area contributed by atoms with Crippen molar-refractivity contribution in [3.05, 3.63) is 46.9 Å². The van der Waals surface area contributed by atoms with Gasteiger partial charge in [-0.15, -0.1) is 0 Å². The lowest BCUT2D eigenvalue weighted by Crippen LogP contribution is -2.14. The van der Waals surface area contributed by atoms with Crippen molar-refractivity contribution < 1.29 is 4.79 Å². The second-order valence-electron chi connectivity index (χ2n) is 3.80. The molecule has 0 aliphatic heterocycles. The average molecular weight is 288 g/mol. The first-order valence-corrected chi connectivity index (χ1v) is 6.02. The maximum absolute atomic E-state index is 12.0. The predicted octanol–water partition coefficient (Wildman–Crippen LogP) is 2.30. The third-order valence-corrected chi connectivity index (χ3v) is 2.81. The normalized spacial score (nSPS) is 9.65. The van der Waals surface area contributed by atoms with Crippen molar-refractivity contribution in [3.8, 4) is 6.07 Å². The number of benzene rings is 1. The first-order chi connectivity index (χ1) is 9.63. The Morgan fingerprint density at radius 3 is 2.75 bits per heavy atom. The van der Waals surface area contributed by atoms with Gasteiger partial charge in [-0.25, -0.2) is 9.97 Å². The van der Waals surface area contributed by atoms with Crippen LogP contribution in [-0.4, -0.2) is 22.9 Å². The quantitative estimate of drug-likeness (QED) is 0.904. The highest BCUT2D eigenvalue weighted by Crippen LogP contribution is 2.23. The fraction of sp³-hybridized carbons (Fsp3) is 0.0769. The number of nitrogens with zero attached hydrogens (tertiary/aromatic N) is 3. The van der Waals surface area contributed by atoms with E-state index < -0.39 is 5.91 Å². The standard InChI is InChI=1S/C13H10ClN5O/c1-16-12-7-17-11(6-18-12)13(20)19-10-4-8(5-15)2-3-9(10)14/h2-4,6-7H,1H3,(H,16,18)(H,19,20). The highest BCUT2D eigenvalue weighted by Gasteiger charge is 2.11. The summed E-state index contributed by atoms with van der Waals surface area (Å²) in [6, 6.07) is 6.59. The van der Waals surface area contributed by atoms with Gasteiger partial charge in [0.1, 0.15) is 11.5 Å². The first-order valence-electron chi connectivity index (χ1n) is 5.65. The number of anilines is 2. The second kappa shape index (κ2) is 5.99. The minimum Gasteiger partial charge on any atom is -0.372 e. The molecule has 1 aromatic carbocycles. The molecule has 1 aromatic heterocycles. The van der Waals surface area contributed by atoms with Gasteiger partial charge >= 0.3 is 0 Å². The van der Waals surface area contributed by atoms with E-state index in [0.717, 1.165) is 0 Å². The number of nitriles is 1. The van der Waals surface area contributed by atoms with Crippen molar-refractivity contribution in [3.63, 3.8) is 0 Å². The second-order valence-corrected chi connectivity index (χ2v) is 4.20. The van der Waals surface area contributed by atoms with E-state index in [2.05, 4.69) is 20.6 Å². The molecular formula is C13H10ClN5O. The lowest BCUT2D eigenvalue weighted by atomic mass is 10.2. The number of amides is 1. The summed E-state index contributed by atoms with van der Waals surface area (Å²) in [6.07, 6.45) is 2.80. The van der Waals surface area contributed by atoms with Gasteiger partial charge in [-0.3, -0.25) is 4.79 Å². The molecule has 1 amide bonds. The molecule has 0 aliphatic rings. The molecule has 1 heterocycles. The number of hydrogen-bond acceptors (Lipinski definition) is 5. The number of carbonyl (C=O) groups excluding carboxylic acids is 1. The Labute approximate surface area is 120 Å². The van der Waals surface area contributed by atoms with E-state index in [1.165, 1.54) is 18.5 Å². The van der Waals surface area contributed by atoms with Crippen LogP contribution in [-0.2, 0) is 0 Å². The van der Waals surface area contributed by atoms with Gasteiger partial charge in [-0.05, 0) is 18.2 Å². The van der Waals surface area contributed by atoms with Crippen molar-refractivity contribution in [2.24, 2.45) is 0 Å². The average Bonchev–Trinajstić information content (AvgIpc) is 2.49. The van der Waals surface area contributed by atoms with Gasteiger partial charge in [0.15, 0.2) is 0 Å². The number of nitrogens with one attached hydrogen (secondary N) is 2. The molecule has 0 saturated carbocycles. The van der Waals surface area contributed by atoms with Crippen LogP contribution in [0.2, 0.25) is 5.02 Å². The van der Waals surface area contributed by atoms with Gasteiger partial charge in [0.2, 0.25) is 0 Å². The lowest BCUT2D eigenvalue weighted by Gasteiger charge is -2.07. The fourth-order valence-corrected chi connectivity index (χ4v) is 1.62. The third-order valence-electron chi connectivity index (χ3n) is 2.48. The molecule has 0 spiro atoms. The Bertz CT molecular complexity index is 678. The van der Waals surface area contributed by atoms with Crippen LogP contribution in [0.4, 0.5) is 11.5 Å². The molecule has 0 unspecified atom stereocenters. The summed E-state index contributed by atoms with van der Waals surface area (Å²) in [7, 11) is 1.71. The highest BCUT2D eigenvalue weighted by atomic mass is 35.5. The minimum atomic E-state index is -0.447. The molecule has 2 N–H and O–H groups in total. The van der Waals surface area contributed by atoms with Crippen LogP contribution >= 0.6 is 11.6 Å². The summed E-state index contributed by atoms with van der Waals surface area (Å²) < 4.78 is 0. The zero-order valence-corrected chi connectivity index (χ0v) is 11.3. The van der Waals surface area contributed by atoms with Crippen molar-refractivity contribution in [2.45, 2.75) is 0 Å². The van der Waals surface area contributed by atoms with Crippen molar-refractivity contribution in [1.82, 2.24) is 9.97 Å². The lowest BCUT2D eigenvalue weighted by molar-refractivity contribution is 0.102. The Balaban J connectivity index is 2.20. The molecule has 2 aromatic rings. The van der Waals surface area contributed by atoms with Crippen LogP contribution in [0.5, 0.6) is 0 Å². The molecule has 0 radical (unpaired) electrons. The van der Waals surface area contributed by atoms with Crippen LogP contribution in [0.25, 0.3) is 0 Å². The fourth-order valence-electron chi connectivity index (χ4n) is 1.45. The van der Waals surface area contributed by atoms with Gasteiger partial charge in [0, 0.05) is 7.05 Å². The van der Waals surface area contributed by atoms with E-state index in [1.807, 2.05) is 6.07 Å². The smallest absolute Gasteiger partial charge is 0.275 e. The van der Waals surface area contributed by atoms with E-state index in [-0.39, 0.29) is 5.69 Å². The monoisotopic (exact) mass is 287 g/mol. The third kappa shape index (κ3) is 3.02. The molecule has 0 fully saturated rings. The van der Waals surface area contributed by atoms with Gasteiger partial charge in [0.25, 0.3) is 5.91 Å². The number of carbonyl (C=O) groups is 1. The van der Waals surface area contributed by atoms with Gasteiger partial charge in [-0.1, -0.05) is 11.6 Å². The summed E-state index contributed by atoms with van der Waals surface area (Å²) in [6.45, 7) is 0. The zero-order chi connectivity index (χ0) is 14.5. The largest absolute Gasteiger partial charge is 0.372 e. The highest BCUT2D eigenvalue weighted by molar-refractivity contribution is 6.33. The molecule has 20 heavy (non-hydrogen) atoms. The van der Waals surface area contributed by atoms with E-state index in [4.69, 9.17) is 16.9 Å². The Morgan fingerprint density at radius 1 is 1.35 bits per heavy atom.